The fourth-order valence-electron chi connectivity index (χ4n) is 3.73. The summed E-state index contributed by atoms with van der Waals surface area (Å²) >= 11 is 0.503. The van der Waals surface area contributed by atoms with Crippen molar-refractivity contribution in [2.75, 3.05) is 18.4 Å². The van der Waals surface area contributed by atoms with Crippen LogP contribution in [0.2, 0.25) is 0 Å². The zero-order valence-corrected chi connectivity index (χ0v) is 22.0. The second kappa shape index (κ2) is 10.9. The van der Waals surface area contributed by atoms with Crippen molar-refractivity contribution in [2.24, 2.45) is 0 Å². The SMILES string of the molecule is CC1CC(F)(F)CN1C(=O)c1nc(C(=O)NC(C)C(C)(C)O)sc1-c1cnc(NCC(F)(F)F)cc1C(F)F. The van der Waals surface area contributed by atoms with Crippen molar-refractivity contribution < 1.29 is 45.4 Å². The summed E-state index contributed by atoms with van der Waals surface area (Å²) in [4.78, 5) is 34.4. The molecule has 0 aliphatic carbocycles. The number of alkyl halides is 7. The Morgan fingerprint density at radius 1 is 1.28 bits per heavy atom. The lowest BCUT2D eigenvalue weighted by molar-refractivity contribution is -0.115. The van der Waals surface area contributed by atoms with Crippen LogP contribution < -0.4 is 10.6 Å². The van der Waals surface area contributed by atoms with Gasteiger partial charge in [-0.1, -0.05) is 0 Å². The number of nitrogens with one attached hydrogen (secondary N) is 2. The van der Waals surface area contributed by atoms with Gasteiger partial charge in [0.1, 0.15) is 18.1 Å². The standard InChI is InChI=1S/C23H26F7N5O3S/c1-10-6-22(26,27)9-35(10)20(37)15-16(39-19(34-15)18(36)33-11(2)21(3,4)38)13-7-31-14(5-12(13)17(24)25)32-8-23(28,29)30/h5,7,10-11,17,38H,6,8-9H2,1-4H3,(H,31,32)(H,33,36). The van der Waals surface area contributed by atoms with Gasteiger partial charge in [-0.25, -0.2) is 27.5 Å². The number of anilines is 1. The molecule has 1 aliphatic rings. The van der Waals surface area contributed by atoms with E-state index in [0.717, 1.165) is 11.1 Å². The molecule has 2 amide bonds. The lowest BCUT2D eigenvalue weighted by atomic mass is 10.0. The van der Waals surface area contributed by atoms with Crippen molar-refractivity contribution in [3.63, 3.8) is 0 Å². The van der Waals surface area contributed by atoms with Gasteiger partial charge in [-0.2, -0.15) is 13.2 Å². The molecule has 2 aromatic rings. The third-order valence-corrected chi connectivity index (χ3v) is 7.19. The number of pyridine rings is 1. The summed E-state index contributed by atoms with van der Waals surface area (Å²) in [6.07, 6.45) is -7.74. The van der Waals surface area contributed by atoms with Gasteiger partial charge in [0.2, 0.25) is 0 Å². The first-order valence-corrected chi connectivity index (χ1v) is 12.4. The Bertz CT molecular complexity index is 1230. The zero-order chi connectivity index (χ0) is 29.5. The first-order chi connectivity index (χ1) is 17.8. The number of aliphatic hydroxyl groups is 1. The second-order valence-electron chi connectivity index (χ2n) is 9.81. The van der Waals surface area contributed by atoms with E-state index in [9.17, 15) is 45.4 Å². The number of nitrogens with zero attached hydrogens (tertiary/aromatic N) is 3. The average Bonchev–Trinajstić information content (AvgIpc) is 3.36. The topological polar surface area (TPSA) is 107 Å². The Hall–Kier alpha value is -3.01. The maximum absolute atomic E-state index is 14.0. The number of hydrogen-bond donors (Lipinski definition) is 3. The summed E-state index contributed by atoms with van der Waals surface area (Å²) in [6.45, 7) is 3.20. The number of carbonyl (C=O) groups excluding carboxylic acids is 2. The maximum Gasteiger partial charge on any atom is 0.405 e. The van der Waals surface area contributed by atoms with E-state index in [0.29, 0.717) is 17.4 Å². The van der Waals surface area contributed by atoms with E-state index in [1.165, 1.54) is 27.7 Å². The predicted molar refractivity (Wildman–Crippen MR) is 128 cm³/mol. The monoisotopic (exact) mass is 585 g/mol. The molecule has 0 bridgehead atoms. The molecule has 2 unspecified atom stereocenters. The van der Waals surface area contributed by atoms with E-state index < -0.39 is 90.2 Å². The molecule has 3 heterocycles. The molecule has 1 fully saturated rings. The average molecular weight is 586 g/mol. The molecular formula is C23H26F7N5O3S. The number of carbonyl (C=O) groups is 2. The number of hydrogen-bond acceptors (Lipinski definition) is 7. The van der Waals surface area contributed by atoms with E-state index in [2.05, 4.69) is 15.3 Å². The Morgan fingerprint density at radius 2 is 1.92 bits per heavy atom. The van der Waals surface area contributed by atoms with E-state index in [-0.39, 0.29) is 9.88 Å². The Morgan fingerprint density at radius 3 is 2.44 bits per heavy atom. The largest absolute Gasteiger partial charge is 0.405 e. The number of thiazole rings is 1. The number of halogens is 7. The van der Waals surface area contributed by atoms with E-state index >= 15 is 0 Å². The molecular weight excluding hydrogens is 559 g/mol. The van der Waals surface area contributed by atoms with E-state index in [1.54, 1.807) is 0 Å². The van der Waals surface area contributed by atoms with Crippen LogP contribution in [0.3, 0.4) is 0 Å². The first-order valence-electron chi connectivity index (χ1n) is 11.6. The highest BCUT2D eigenvalue weighted by atomic mass is 32.1. The summed E-state index contributed by atoms with van der Waals surface area (Å²) in [6, 6.07) is -1.08. The molecule has 0 aromatic carbocycles. The minimum Gasteiger partial charge on any atom is -0.388 e. The van der Waals surface area contributed by atoms with Gasteiger partial charge in [0, 0.05) is 29.8 Å². The fourth-order valence-corrected chi connectivity index (χ4v) is 4.72. The normalized spacial score (nSPS) is 18.4. The highest BCUT2D eigenvalue weighted by Gasteiger charge is 2.46. The van der Waals surface area contributed by atoms with E-state index in [1.807, 2.05) is 5.32 Å². The zero-order valence-electron chi connectivity index (χ0n) is 21.2. The minimum absolute atomic E-state index is 0.298. The molecule has 16 heteroatoms. The van der Waals surface area contributed by atoms with Gasteiger partial charge in [0.15, 0.2) is 5.01 Å². The molecule has 1 saturated heterocycles. The quantitative estimate of drug-likeness (QED) is 0.382. The second-order valence-corrected chi connectivity index (χ2v) is 10.8. The lowest BCUT2D eigenvalue weighted by Crippen LogP contribution is -2.47. The fraction of sp³-hybridized carbons (Fsp3) is 0.565. The molecule has 0 radical (unpaired) electrons. The van der Waals surface area contributed by atoms with Crippen LogP contribution in [0.25, 0.3) is 10.4 Å². The van der Waals surface area contributed by atoms with Crippen molar-refractivity contribution in [1.82, 2.24) is 20.2 Å². The molecule has 8 nitrogen and oxygen atoms in total. The molecule has 3 rings (SSSR count). The molecule has 216 valence electrons. The number of aromatic nitrogens is 2. The molecule has 1 aliphatic heterocycles. The van der Waals surface area contributed by atoms with Crippen molar-refractivity contribution in [2.45, 2.75) is 70.3 Å². The molecule has 3 N–H and O–H groups in total. The summed E-state index contributed by atoms with van der Waals surface area (Å²) in [7, 11) is 0. The van der Waals surface area contributed by atoms with Crippen molar-refractivity contribution in [1.29, 1.82) is 0 Å². The summed E-state index contributed by atoms with van der Waals surface area (Å²) in [5.74, 6) is -5.63. The van der Waals surface area contributed by atoms with Gasteiger partial charge in [-0.3, -0.25) is 9.59 Å². The smallest absolute Gasteiger partial charge is 0.388 e. The van der Waals surface area contributed by atoms with Crippen molar-refractivity contribution in [3.8, 4) is 10.4 Å². The molecule has 39 heavy (non-hydrogen) atoms. The van der Waals surface area contributed by atoms with Crippen LogP contribution in [-0.2, 0) is 0 Å². The summed E-state index contributed by atoms with van der Waals surface area (Å²) in [5.41, 5.74) is -3.15. The predicted octanol–water partition coefficient (Wildman–Crippen LogP) is 4.88. The van der Waals surface area contributed by atoms with Crippen LogP contribution in [-0.4, -0.2) is 74.7 Å². The molecule has 0 saturated carbocycles. The van der Waals surface area contributed by atoms with Gasteiger partial charge in [0.05, 0.1) is 23.1 Å². The lowest BCUT2D eigenvalue weighted by Gasteiger charge is -2.26. The van der Waals surface area contributed by atoms with Gasteiger partial charge in [-0.15, -0.1) is 11.3 Å². The summed E-state index contributed by atoms with van der Waals surface area (Å²) < 4.78 is 93.8. The first kappa shape index (κ1) is 30.5. The van der Waals surface area contributed by atoms with Gasteiger partial charge >= 0.3 is 6.18 Å². The van der Waals surface area contributed by atoms with Gasteiger partial charge in [0.25, 0.3) is 24.2 Å². The third kappa shape index (κ3) is 7.35. The third-order valence-electron chi connectivity index (χ3n) is 6.11. The maximum atomic E-state index is 14.0. The van der Waals surface area contributed by atoms with Crippen molar-refractivity contribution >= 4 is 29.0 Å². The van der Waals surface area contributed by atoms with Crippen LogP contribution in [0.5, 0.6) is 0 Å². The minimum atomic E-state index is -4.65. The molecule has 0 spiro atoms. The Labute approximate surface area is 222 Å². The highest BCUT2D eigenvalue weighted by molar-refractivity contribution is 7.17. The van der Waals surface area contributed by atoms with Gasteiger partial charge in [-0.05, 0) is 33.8 Å². The van der Waals surface area contributed by atoms with E-state index in [4.69, 9.17) is 0 Å². The number of likely N-dealkylation sites (tertiary alicyclic amines) is 1. The number of rotatable bonds is 8. The molecule has 2 aromatic heterocycles. The Kier molecular flexibility index (Phi) is 8.51. The van der Waals surface area contributed by atoms with Crippen molar-refractivity contribution in [3.05, 3.63) is 28.5 Å². The number of amides is 2. The van der Waals surface area contributed by atoms with Crippen LogP contribution >= 0.6 is 11.3 Å². The van der Waals surface area contributed by atoms with Crippen LogP contribution in [0, 0.1) is 0 Å². The van der Waals surface area contributed by atoms with Crippen LogP contribution in [0.4, 0.5) is 36.6 Å². The summed E-state index contributed by atoms with van der Waals surface area (Å²) in [5, 5.41) is 14.1. The Balaban J connectivity index is 2.10. The van der Waals surface area contributed by atoms with Crippen LogP contribution in [0.15, 0.2) is 12.3 Å². The molecule has 2 atom stereocenters. The van der Waals surface area contributed by atoms with Gasteiger partial charge < -0.3 is 20.6 Å². The van der Waals surface area contributed by atoms with Crippen LogP contribution in [0.1, 0.15) is 66.4 Å². The highest BCUT2D eigenvalue weighted by Crippen LogP contribution is 2.40.